The Bertz CT molecular complexity index is 788. The van der Waals surface area contributed by atoms with Crippen LogP contribution in [0, 0.1) is 6.92 Å². The molecule has 9 nitrogen and oxygen atoms in total. The SMILES string of the molecule is CCn1ncc(CN2CCN(C(=O)Cn3ccc(C(=O)O)n3)CC2)c1C. The molecule has 9 heteroatoms. The van der Waals surface area contributed by atoms with E-state index in [2.05, 4.69) is 28.9 Å². The van der Waals surface area contributed by atoms with Crippen LogP contribution in [0.25, 0.3) is 0 Å². The van der Waals surface area contributed by atoms with E-state index in [1.54, 1.807) is 4.90 Å². The zero-order valence-electron chi connectivity index (χ0n) is 15.1. The van der Waals surface area contributed by atoms with Crippen LogP contribution in [-0.4, -0.2) is 72.5 Å². The van der Waals surface area contributed by atoms with Crippen molar-refractivity contribution in [3.63, 3.8) is 0 Å². The molecule has 0 bridgehead atoms. The maximum atomic E-state index is 12.4. The van der Waals surface area contributed by atoms with Gasteiger partial charge in [0.25, 0.3) is 0 Å². The average Bonchev–Trinajstić information content (AvgIpc) is 3.23. The van der Waals surface area contributed by atoms with E-state index in [9.17, 15) is 9.59 Å². The van der Waals surface area contributed by atoms with Gasteiger partial charge in [-0.2, -0.15) is 10.2 Å². The molecule has 3 heterocycles. The number of carboxylic acids is 1. The Morgan fingerprint density at radius 2 is 1.96 bits per heavy atom. The standard InChI is InChI=1S/C17H24N6O3/c1-3-23-13(2)14(10-18-23)11-20-6-8-21(9-7-20)16(24)12-22-5-4-15(19-22)17(25)26/h4-5,10H,3,6-9,11-12H2,1-2H3,(H,25,26). The van der Waals surface area contributed by atoms with Crippen molar-refractivity contribution in [3.8, 4) is 0 Å². The Balaban J connectivity index is 1.50. The molecule has 1 fully saturated rings. The first-order chi connectivity index (χ1) is 12.5. The number of carbonyl (C=O) groups is 2. The minimum absolute atomic E-state index is 0.0420. The molecule has 0 aliphatic carbocycles. The fourth-order valence-corrected chi connectivity index (χ4v) is 3.16. The van der Waals surface area contributed by atoms with Crippen molar-refractivity contribution in [2.24, 2.45) is 0 Å². The Morgan fingerprint density at radius 3 is 2.54 bits per heavy atom. The van der Waals surface area contributed by atoms with E-state index in [1.165, 1.54) is 28.2 Å². The van der Waals surface area contributed by atoms with Crippen LogP contribution >= 0.6 is 0 Å². The number of hydrogen-bond donors (Lipinski definition) is 1. The molecule has 26 heavy (non-hydrogen) atoms. The molecule has 0 spiro atoms. The molecule has 140 valence electrons. The Labute approximate surface area is 151 Å². The number of carboxylic acid groups (broad SMARTS) is 1. The van der Waals surface area contributed by atoms with Crippen molar-refractivity contribution >= 4 is 11.9 Å². The summed E-state index contributed by atoms with van der Waals surface area (Å²) in [5, 5.41) is 17.1. The minimum Gasteiger partial charge on any atom is -0.476 e. The van der Waals surface area contributed by atoms with Crippen LogP contribution in [0.2, 0.25) is 0 Å². The molecule has 1 N–H and O–H groups in total. The lowest BCUT2D eigenvalue weighted by atomic mass is 10.2. The highest BCUT2D eigenvalue weighted by Crippen LogP contribution is 2.13. The lowest BCUT2D eigenvalue weighted by Crippen LogP contribution is -2.49. The Hall–Kier alpha value is -2.68. The zero-order valence-corrected chi connectivity index (χ0v) is 15.1. The smallest absolute Gasteiger partial charge is 0.356 e. The molecule has 1 aliphatic heterocycles. The summed E-state index contributed by atoms with van der Waals surface area (Å²) in [5.74, 6) is -1.13. The quantitative estimate of drug-likeness (QED) is 0.803. The number of aromatic nitrogens is 4. The molecule has 0 saturated carbocycles. The molecule has 1 amide bonds. The van der Waals surface area contributed by atoms with E-state index in [1.807, 2.05) is 10.9 Å². The van der Waals surface area contributed by atoms with E-state index in [0.29, 0.717) is 13.1 Å². The summed E-state index contributed by atoms with van der Waals surface area (Å²) < 4.78 is 3.37. The number of amides is 1. The van der Waals surface area contributed by atoms with Crippen molar-refractivity contribution in [1.29, 1.82) is 0 Å². The molecule has 0 unspecified atom stereocenters. The summed E-state index contributed by atoms with van der Waals surface area (Å²) in [4.78, 5) is 27.4. The normalized spacial score (nSPS) is 15.4. The van der Waals surface area contributed by atoms with Gasteiger partial charge in [0.15, 0.2) is 5.69 Å². The summed E-state index contributed by atoms with van der Waals surface area (Å²) in [7, 11) is 0. The van der Waals surface area contributed by atoms with E-state index >= 15 is 0 Å². The van der Waals surface area contributed by atoms with Gasteiger partial charge in [-0.15, -0.1) is 0 Å². The van der Waals surface area contributed by atoms with Gasteiger partial charge in [-0.3, -0.25) is 19.1 Å². The van der Waals surface area contributed by atoms with Gasteiger partial charge in [0, 0.05) is 56.7 Å². The van der Waals surface area contributed by atoms with Gasteiger partial charge in [0.2, 0.25) is 5.91 Å². The number of rotatable bonds is 6. The number of nitrogens with zero attached hydrogens (tertiary/aromatic N) is 6. The molecule has 0 radical (unpaired) electrons. The van der Waals surface area contributed by atoms with Crippen LogP contribution in [0.4, 0.5) is 0 Å². The van der Waals surface area contributed by atoms with E-state index < -0.39 is 5.97 Å². The highest BCUT2D eigenvalue weighted by atomic mass is 16.4. The topological polar surface area (TPSA) is 96.5 Å². The molecule has 0 atom stereocenters. The lowest BCUT2D eigenvalue weighted by molar-refractivity contribution is -0.133. The second kappa shape index (κ2) is 7.69. The van der Waals surface area contributed by atoms with Gasteiger partial charge in [-0.05, 0) is 19.9 Å². The fraction of sp³-hybridized carbons (Fsp3) is 0.529. The Morgan fingerprint density at radius 1 is 1.23 bits per heavy atom. The third-order valence-electron chi connectivity index (χ3n) is 4.78. The third kappa shape index (κ3) is 3.93. The summed E-state index contributed by atoms with van der Waals surface area (Å²) in [5.41, 5.74) is 2.37. The molecular formula is C17H24N6O3. The summed E-state index contributed by atoms with van der Waals surface area (Å²) in [6, 6.07) is 1.40. The van der Waals surface area contributed by atoms with Gasteiger partial charge < -0.3 is 10.0 Å². The van der Waals surface area contributed by atoms with Crippen molar-refractivity contribution in [3.05, 3.63) is 35.4 Å². The highest BCUT2D eigenvalue weighted by molar-refractivity contribution is 5.85. The summed E-state index contributed by atoms with van der Waals surface area (Å²) in [6.07, 6.45) is 3.44. The first-order valence-corrected chi connectivity index (χ1v) is 8.76. The van der Waals surface area contributed by atoms with Crippen LogP contribution in [0.5, 0.6) is 0 Å². The zero-order chi connectivity index (χ0) is 18.7. The molecule has 1 aliphatic rings. The maximum Gasteiger partial charge on any atom is 0.356 e. The van der Waals surface area contributed by atoms with Gasteiger partial charge >= 0.3 is 5.97 Å². The van der Waals surface area contributed by atoms with Gasteiger partial charge in [-0.25, -0.2) is 4.79 Å². The number of aromatic carboxylic acids is 1. The number of piperazine rings is 1. The van der Waals surface area contributed by atoms with Crippen LogP contribution in [0.1, 0.15) is 28.7 Å². The largest absolute Gasteiger partial charge is 0.476 e. The molecule has 2 aromatic heterocycles. The van der Waals surface area contributed by atoms with Gasteiger partial charge in [0.1, 0.15) is 6.54 Å². The van der Waals surface area contributed by atoms with Crippen LogP contribution in [0.15, 0.2) is 18.5 Å². The van der Waals surface area contributed by atoms with E-state index in [0.717, 1.165) is 26.2 Å². The van der Waals surface area contributed by atoms with Crippen molar-refractivity contribution in [1.82, 2.24) is 29.4 Å². The van der Waals surface area contributed by atoms with Crippen LogP contribution in [-0.2, 0) is 24.4 Å². The molecular weight excluding hydrogens is 336 g/mol. The van der Waals surface area contributed by atoms with Crippen molar-refractivity contribution < 1.29 is 14.7 Å². The molecule has 0 aromatic carbocycles. The average molecular weight is 360 g/mol. The highest BCUT2D eigenvalue weighted by Gasteiger charge is 2.22. The van der Waals surface area contributed by atoms with Crippen molar-refractivity contribution in [2.45, 2.75) is 33.5 Å². The second-order valence-corrected chi connectivity index (χ2v) is 6.43. The molecule has 3 rings (SSSR count). The third-order valence-corrected chi connectivity index (χ3v) is 4.78. The predicted molar refractivity (Wildman–Crippen MR) is 93.7 cm³/mol. The van der Waals surface area contributed by atoms with Crippen LogP contribution < -0.4 is 0 Å². The minimum atomic E-state index is -1.09. The fourth-order valence-electron chi connectivity index (χ4n) is 3.16. The summed E-state index contributed by atoms with van der Waals surface area (Å²) in [6.45, 7) is 8.87. The molecule has 2 aromatic rings. The molecule has 1 saturated heterocycles. The van der Waals surface area contributed by atoms with Crippen molar-refractivity contribution in [2.75, 3.05) is 26.2 Å². The first-order valence-electron chi connectivity index (χ1n) is 8.76. The van der Waals surface area contributed by atoms with Gasteiger partial charge in [-0.1, -0.05) is 0 Å². The van der Waals surface area contributed by atoms with E-state index in [4.69, 9.17) is 5.11 Å². The first kappa shape index (κ1) is 18.1. The second-order valence-electron chi connectivity index (χ2n) is 6.43. The van der Waals surface area contributed by atoms with E-state index in [-0.39, 0.29) is 18.1 Å². The predicted octanol–water partition coefficient (Wildman–Crippen LogP) is 0.451. The number of hydrogen-bond acceptors (Lipinski definition) is 5. The van der Waals surface area contributed by atoms with Gasteiger partial charge in [0.05, 0.1) is 6.20 Å². The maximum absolute atomic E-state index is 12.4. The van der Waals surface area contributed by atoms with Crippen LogP contribution in [0.3, 0.4) is 0 Å². The number of aryl methyl sites for hydroxylation is 1. The lowest BCUT2D eigenvalue weighted by Gasteiger charge is -2.34. The monoisotopic (exact) mass is 360 g/mol. The summed E-state index contributed by atoms with van der Waals surface area (Å²) >= 11 is 0. The Kier molecular flexibility index (Phi) is 5.36. The number of carbonyl (C=O) groups excluding carboxylic acids is 1.